The first kappa shape index (κ1) is 22.0. The van der Waals surface area contributed by atoms with Crippen molar-refractivity contribution >= 4 is 5.91 Å². The number of carbonyl (C=O) groups excluding carboxylic acids is 1. The maximum atomic E-state index is 13.3. The van der Waals surface area contributed by atoms with Crippen molar-refractivity contribution in [3.8, 4) is 0 Å². The Hall–Kier alpha value is -2.21. The van der Waals surface area contributed by atoms with E-state index < -0.39 is 0 Å². The Bertz CT molecular complexity index is 814. The van der Waals surface area contributed by atoms with E-state index in [0.717, 1.165) is 88.4 Å². The molecule has 0 unspecified atom stereocenters. The summed E-state index contributed by atoms with van der Waals surface area (Å²) in [5, 5.41) is 4.12. The minimum atomic E-state index is 0.209. The van der Waals surface area contributed by atoms with Crippen LogP contribution in [0.4, 0.5) is 0 Å². The first-order chi connectivity index (χ1) is 15.2. The standard InChI is InChI=1S/C25H36N4O2/c1-2-3-13-23-26-24(31-27-23)19-28-17-14-20(15-18-28)22-12-8-5-9-16-29(22)25(30)21-10-6-4-7-11-21/h4,6-7,10-11,20,22H,2-3,5,8-9,12-19H2,1H3/t22-/m1/s1. The monoisotopic (exact) mass is 424 g/mol. The third-order valence-electron chi connectivity index (χ3n) is 6.88. The van der Waals surface area contributed by atoms with Crippen molar-refractivity contribution in [2.45, 2.75) is 77.3 Å². The maximum absolute atomic E-state index is 13.3. The minimum Gasteiger partial charge on any atom is -0.338 e. The summed E-state index contributed by atoms with van der Waals surface area (Å²) in [6.07, 6.45) is 10.1. The number of carbonyl (C=O) groups is 1. The molecule has 1 aromatic carbocycles. The molecule has 2 fully saturated rings. The Kier molecular flexibility index (Phi) is 7.73. The summed E-state index contributed by atoms with van der Waals surface area (Å²) in [7, 11) is 0. The second-order valence-electron chi connectivity index (χ2n) is 9.10. The summed E-state index contributed by atoms with van der Waals surface area (Å²) < 4.78 is 5.47. The van der Waals surface area contributed by atoms with Crippen LogP contribution in [-0.2, 0) is 13.0 Å². The van der Waals surface area contributed by atoms with E-state index in [9.17, 15) is 4.79 Å². The highest BCUT2D eigenvalue weighted by molar-refractivity contribution is 5.94. The van der Waals surface area contributed by atoms with Crippen molar-refractivity contribution < 1.29 is 9.32 Å². The molecule has 2 aliphatic rings. The number of rotatable bonds is 7. The van der Waals surface area contributed by atoms with Gasteiger partial charge in [-0.3, -0.25) is 9.69 Å². The number of amides is 1. The first-order valence-electron chi connectivity index (χ1n) is 12.1. The van der Waals surface area contributed by atoms with E-state index in [1.807, 2.05) is 30.3 Å². The molecule has 31 heavy (non-hydrogen) atoms. The van der Waals surface area contributed by atoms with Crippen LogP contribution in [0.2, 0.25) is 0 Å². The normalized spacial score (nSPS) is 21.2. The largest absolute Gasteiger partial charge is 0.338 e. The molecule has 1 atom stereocenters. The van der Waals surface area contributed by atoms with E-state index in [0.29, 0.717) is 12.0 Å². The summed E-state index contributed by atoms with van der Waals surface area (Å²) in [4.78, 5) is 22.5. The molecule has 0 saturated carbocycles. The number of aryl methyl sites for hydroxylation is 1. The van der Waals surface area contributed by atoms with Gasteiger partial charge in [-0.25, -0.2) is 0 Å². The first-order valence-corrected chi connectivity index (χ1v) is 12.1. The van der Waals surface area contributed by atoms with Gasteiger partial charge in [-0.15, -0.1) is 0 Å². The lowest BCUT2D eigenvalue weighted by Crippen LogP contribution is -2.47. The van der Waals surface area contributed by atoms with Gasteiger partial charge in [0, 0.05) is 24.6 Å². The van der Waals surface area contributed by atoms with Crippen LogP contribution in [0, 0.1) is 5.92 Å². The Morgan fingerprint density at radius 2 is 1.87 bits per heavy atom. The Balaban J connectivity index is 1.34. The van der Waals surface area contributed by atoms with Crippen LogP contribution in [0.25, 0.3) is 0 Å². The Morgan fingerprint density at radius 1 is 1.06 bits per heavy atom. The van der Waals surface area contributed by atoms with E-state index in [4.69, 9.17) is 4.52 Å². The highest BCUT2D eigenvalue weighted by Gasteiger charge is 2.34. The zero-order valence-corrected chi connectivity index (χ0v) is 18.8. The van der Waals surface area contributed by atoms with Crippen LogP contribution < -0.4 is 0 Å². The molecule has 3 heterocycles. The molecule has 0 bridgehead atoms. The third kappa shape index (κ3) is 5.73. The van der Waals surface area contributed by atoms with Gasteiger partial charge < -0.3 is 9.42 Å². The number of nitrogens with zero attached hydrogens (tertiary/aromatic N) is 4. The molecule has 6 nitrogen and oxygen atoms in total. The number of unbranched alkanes of at least 4 members (excludes halogenated alkanes) is 1. The van der Waals surface area contributed by atoms with Gasteiger partial charge in [0.25, 0.3) is 5.91 Å². The molecule has 2 aliphatic heterocycles. The number of hydrogen-bond donors (Lipinski definition) is 0. The summed E-state index contributed by atoms with van der Waals surface area (Å²) in [6.45, 7) is 5.86. The van der Waals surface area contributed by atoms with Crippen molar-refractivity contribution in [3.05, 3.63) is 47.6 Å². The molecule has 0 N–H and O–H groups in total. The van der Waals surface area contributed by atoms with Crippen LogP contribution in [0.3, 0.4) is 0 Å². The van der Waals surface area contributed by atoms with E-state index in [1.165, 1.54) is 12.8 Å². The van der Waals surface area contributed by atoms with Crippen LogP contribution >= 0.6 is 0 Å². The number of hydrogen-bond acceptors (Lipinski definition) is 5. The predicted molar refractivity (Wildman–Crippen MR) is 121 cm³/mol. The average Bonchev–Trinajstić information content (AvgIpc) is 3.11. The van der Waals surface area contributed by atoms with E-state index >= 15 is 0 Å². The van der Waals surface area contributed by atoms with Crippen molar-refractivity contribution in [2.75, 3.05) is 19.6 Å². The highest BCUT2D eigenvalue weighted by Crippen LogP contribution is 2.31. The van der Waals surface area contributed by atoms with Gasteiger partial charge >= 0.3 is 0 Å². The van der Waals surface area contributed by atoms with Crippen molar-refractivity contribution in [2.24, 2.45) is 5.92 Å². The van der Waals surface area contributed by atoms with Gasteiger partial charge in [0.2, 0.25) is 5.89 Å². The fourth-order valence-corrected chi connectivity index (χ4v) is 5.10. The van der Waals surface area contributed by atoms with Gasteiger partial charge in [-0.2, -0.15) is 4.98 Å². The van der Waals surface area contributed by atoms with E-state index in [-0.39, 0.29) is 5.91 Å². The molecule has 6 heteroatoms. The van der Waals surface area contributed by atoms with Gasteiger partial charge in [-0.05, 0) is 63.2 Å². The lowest BCUT2D eigenvalue weighted by molar-refractivity contribution is 0.0506. The van der Waals surface area contributed by atoms with Crippen molar-refractivity contribution in [1.29, 1.82) is 0 Å². The third-order valence-corrected chi connectivity index (χ3v) is 6.88. The zero-order valence-electron chi connectivity index (χ0n) is 18.8. The molecule has 0 aliphatic carbocycles. The molecule has 2 aromatic rings. The minimum absolute atomic E-state index is 0.209. The molecule has 0 radical (unpaired) electrons. The lowest BCUT2D eigenvalue weighted by Gasteiger charge is -2.40. The van der Waals surface area contributed by atoms with Gasteiger partial charge in [0.15, 0.2) is 5.82 Å². The second kappa shape index (κ2) is 10.9. The second-order valence-corrected chi connectivity index (χ2v) is 9.10. The van der Waals surface area contributed by atoms with Crippen molar-refractivity contribution in [3.63, 3.8) is 0 Å². The summed E-state index contributed by atoms with van der Waals surface area (Å²) in [5.41, 5.74) is 0.821. The molecule has 1 amide bonds. The zero-order chi connectivity index (χ0) is 21.5. The molecule has 1 aromatic heterocycles. The molecule has 4 rings (SSSR count). The lowest BCUT2D eigenvalue weighted by atomic mass is 9.86. The summed E-state index contributed by atoms with van der Waals surface area (Å²) in [5.74, 6) is 2.35. The molecule has 168 valence electrons. The molecular formula is C25H36N4O2. The Labute approximate surface area is 186 Å². The highest BCUT2D eigenvalue weighted by atomic mass is 16.5. The predicted octanol–water partition coefficient (Wildman–Crippen LogP) is 4.71. The maximum Gasteiger partial charge on any atom is 0.254 e. The smallest absolute Gasteiger partial charge is 0.254 e. The Morgan fingerprint density at radius 3 is 2.65 bits per heavy atom. The molecule has 2 saturated heterocycles. The topological polar surface area (TPSA) is 62.5 Å². The number of benzene rings is 1. The fourth-order valence-electron chi connectivity index (χ4n) is 5.10. The van der Waals surface area contributed by atoms with Gasteiger partial charge in [0.05, 0.1) is 6.54 Å². The van der Waals surface area contributed by atoms with Crippen LogP contribution in [0.1, 0.15) is 80.4 Å². The number of aromatic nitrogens is 2. The molecular weight excluding hydrogens is 388 g/mol. The number of likely N-dealkylation sites (tertiary alicyclic amines) is 2. The van der Waals surface area contributed by atoms with E-state index in [1.54, 1.807) is 0 Å². The van der Waals surface area contributed by atoms with Crippen LogP contribution in [-0.4, -0.2) is 51.5 Å². The summed E-state index contributed by atoms with van der Waals surface area (Å²) >= 11 is 0. The van der Waals surface area contributed by atoms with Gasteiger partial charge in [-0.1, -0.05) is 49.5 Å². The summed E-state index contributed by atoms with van der Waals surface area (Å²) in [6, 6.07) is 10.2. The van der Waals surface area contributed by atoms with Crippen LogP contribution in [0.15, 0.2) is 34.9 Å². The average molecular weight is 425 g/mol. The number of piperidine rings is 1. The fraction of sp³-hybridized carbons (Fsp3) is 0.640. The van der Waals surface area contributed by atoms with Crippen molar-refractivity contribution in [1.82, 2.24) is 19.9 Å². The van der Waals surface area contributed by atoms with Crippen LogP contribution in [0.5, 0.6) is 0 Å². The quantitative estimate of drug-likeness (QED) is 0.644. The molecule has 0 spiro atoms. The SMILES string of the molecule is CCCCc1noc(CN2CCC([C@H]3CCCCCN3C(=O)c3ccccc3)CC2)n1. The van der Waals surface area contributed by atoms with E-state index in [2.05, 4.69) is 26.9 Å². The van der Waals surface area contributed by atoms with Gasteiger partial charge in [0.1, 0.15) is 0 Å².